The van der Waals surface area contributed by atoms with Crippen molar-refractivity contribution < 1.29 is 30.8 Å². The maximum Gasteiger partial charge on any atom is 0.407 e. The highest BCUT2D eigenvalue weighted by Gasteiger charge is 2.48. The SMILES string of the molecule is N#CC1(NC(=O)[C@H](CS(=O)(=O)Cc2ccccn2)N[C@@H](c2ccc(F)cc2)C(F)(F)F)CC1. The van der Waals surface area contributed by atoms with Gasteiger partial charge in [-0.15, -0.1) is 0 Å². The second-order valence-corrected chi connectivity index (χ2v) is 9.91. The molecule has 1 aliphatic carbocycles. The highest BCUT2D eigenvalue weighted by atomic mass is 32.2. The van der Waals surface area contributed by atoms with Crippen molar-refractivity contribution in [2.45, 2.75) is 42.4 Å². The van der Waals surface area contributed by atoms with Crippen molar-refractivity contribution in [1.82, 2.24) is 15.6 Å². The van der Waals surface area contributed by atoms with Crippen molar-refractivity contribution in [1.29, 1.82) is 5.26 Å². The molecule has 7 nitrogen and oxygen atoms in total. The number of amides is 1. The van der Waals surface area contributed by atoms with Gasteiger partial charge in [0.1, 0.15) is 23.4 Å². The number of hydrogen-bond acceptors (Lipinski definition) is 6. The van der Waals surface area contributed by atoms with E-state index in [1.54, 1.807) is 12.1 Å². The van der Waals surface area contributed by atoms with E-state index in [1.807, 2.05) is 6.07 Å². The number of nitrogens with one attached hydrogen (secondary N) is 2. The van der Waals surface area contributed by atoms with Crippen LogP contribution < -0.4 is 10.6 Å². The quantitative estimate of drug-likeness (QED) is 0.529. The molecule has 1 aromatic carbocycles. The van der Waals surface area contributed by atoms with Gasteiger partial charge < -0.3 is 5.32 Å². The highest BCUT2D eigenvalue weighted by Crippen LogP contribution is 2.35. The Morgan fingerprint density at radius 1 is 1.18 bits per heavy atom. The number of sulfone groups is 1. The first-order valence-corrected chi connectivity index (χ1v) is 11.7. The summed E-state index contributed by atoms with van der Waals surface area (Å²) in [6, 6.07) is 5.62. The zero-order chi connectivity index (χ0) is 24.3. The molecule has 176 valence electrons. The molecule has 33 heavy (non-hydrogen) atoms. The molecule has 2 aromatic rings. The van der Waals surface area contributed by atoms with E-state index in [4.69, 9.17) is 0 Å². The van der Waals surface area contributed by atoms with E-state index >= 15 is 0 Å². The fourth-order valence-corrected chi connectivity index (χ4v) is 4.66. The highest BCUT2D eigenvalue weighted by molar-refractivity contribution is 7.90. The Morgan fingerprint density at radius 3 is 2.36 bits per heavy atom. The Bertz CT molecular complexity index is 1130. The van der Waals surface area contributed by atoms with Crippen LogP contribution in [0.1, 0.15) is 30.1 Å². The number of alkyl halides is 3. The Kier molecular flexibility index (Phi) is 7.04. The normalized spacial score (nSPS) is 16.9. The van der Waals surface area contributed by atoms with Crippen molar-refractivity contribution in [3.05, 3.63) is 65.7 Å². The molecule has 0 spiro atoms. The van der Waals surface area contributed by atoms with E-state index in [0.29, 0.717) is 12.8 Å². The zero-order valence-corrected chi connectivity index (χ0v) is 18.0. The van der Waals surface area contributed by atoms with Crippen LogP contribution in [0.5, 0.6) is 0 Å². The van der Waals surface area contributed by atoms with Crippen LogP contribution in [0.2, 0.25) is 0 Å². The molecule has 0 unspecified atom stereocenters. The summed E-state index contributed by atoms with van der Waals surface area (Å²) < 4.78 is 80.1. The van der Waals surface area contributed by atoms with Crippen molar-refractivity contribution in [2.24, 2.45) is 0 Å². The van der Waals surface area contributed by atoms with Crippen LogP contribution in [-0.4, -0.2) is 42.8 Å². The lowest BCUT2D eigenvalue weighted by Gasteiger charge is -2.28. The second kappa shape index (κ2) is 9.44. The summed E-state index contributed by atoms with van der Waals surface area (Å²) in [5.74, 6) is -3.35. The third-order valence-corrected chi connectivity index (χ3v) is 6.63. The van der Waals surface area contributed by atoms with Gasteiger partial charge in [-0.2, -0.15) is 18.4 Å². The number of nitriles is 1. The van der Waals surface area contributed by atoms with Crippen LogP contribution in [0, 0.1) is 17.1 Å². The Hall–Kier alpha value is -3.04. The van der Waals surface area contributed by atoms with Gasteiger partial charge in [-0.25, -0.2) is 12.8 Å². The van der Waals surface area contributed by atoms with E-state index in [9.17, 15) is 36.0 Å². The van der Waals surface area contributed by atoms with Crippen LogP contribution in [-0.2, 0) is 20.4 Å². The lowest BCUT2D eigenvalue weighted by Crippen LogP contribution is -2.54. The molecule has 2 N–H and O–H groups in total. The van der Waals surface area contributed by atoms with E-state index in [2.05, 4.69) is 15.6 Å². The van der Waals surface area contributed by atoms with Gasteiger partial charge in [-0.05, 0) is 42.7 Å². The van der Waals surface area contributed by atoms with Crippen molar-refractivity contribution in [2.75, 3.05) is 5.75 Å². The summed E-state index contributed by atoms with van der Waals surface area (Å²) in [7, 11) is -4.10. The predicted octanol–water partition coefficient (Wildman–Crippen LogP) is 2.57. The molecule has 2 atom stereocenters. The number of benzene rings is 1. The van der Waals surface area contributed by atoms with Crippen molar-refractivity contribution in [3.63, 3.8) is 0 Å². The number of hydrogen-bond donors (Lipinski definition) is 2. The van der Waals surface area contributed by atoms with Gasteiger partial charge >= 0.3 is 6.18 Å². The molecular weight excluding hydrogens is 464 g/mol. The fraction of sp³-hybridized carbons (Fsp3) is 0.381. The molecule has 1 fully saturated rings. The molecule has 1 saturated carbocycles. The van der Waals surface area contributed by atoms with E-state index in [1.165, 1.54) is 12.3 Å². The molecular formula is C21H20F4N4O3S. The van der Waals surface area contributed by atoms with Crippen LogP contribution in [0.15, 0.2) is 48.7 Å². The van der Waals surface area contributed by atoms with Crippen LogP contribution >= 0.6 is 0 Å². The monoisotopic (exact) mass is 484 g/mol. The maximum atomic E-state index is 13.8. The Morgan fingerprint density at radius 2 is 1.85 bits per heavy atom. The summed E-state index contributed by atoms with van der Waals surface area (Å²) in [5, 5.41) is 13.6. The number of carbonyl (C=O) groups excluding carboxylic acids is 1. The van der Waals surface area contributed by atoms with Gasteiger partial charge in [-0.1, -0.05) is 18.2 Å². The minimum Gasteiger partial charge on any atom is -0.336 e. The van der Waals surface area contributed by atoms with Gasteiger partial charge in [0.2, 0.25) is 5.91 Å². The molecule has 1 heterocycles. The van der Waals surface area contributed by atoms with Crippen LogP contribution in [0.4, 0.5) is 17.6 Å². The molecule has 1 aromatic heterocycles. The van der Waals surface area contributed by atoms with Gasteiger partial charge in [0, 0.05) is 6.20 Å². The summed E-state index contributed by atoms with van der Waals surface area (Å²) in [6.45, 7) is 0. The molecule has 0 radical (unpaired) electrons. The number of nitrogens with zero attached hydrogens (tertiary/aromatic N) is 2. The largest absolute Gasteiger partial charge is 0.407 e. The first kappa shape index (κ1) is 24.6. The zero-order valence-electron chi connectivity index (χ0n) is 17.1. The molecule has 1 aliphatic rings. The number of pyridine rings is 1. The Labute approximate surface area is 187 Å². The van der Waals surface area contributed by atoms with Crippen molar-refractivity contribution >= 4 is 15.7 Å². The molecule has 3 rings (SSSR count). The number of rotatable bonds is 9. The molecule has 0 saturated heterocycles. The summed E-state index contributed by atoms with van der Waals surface area (Å²) >= 11 is 0. The lowest BCUT2D eigenvalue weighted by molar-refractivity contribution is -0.160. The standard InChI is InChI=1S/C21H20F4N4O3S/c22-15-6-4-14(5-7-15)18(21(23,24)25)28-17(19(30)29-20(13-26)8-9-20)12-33(31,32)11-16-3-1-2-10-27-16/h1-7,10,17-18,28H,8-9,11-12H2,(H,29,30)/t17-,18-/m0/s1. The number of halogens is 4. The van der Waals surface area contributed by atoms with Gasteiger partial charge in [0.25, 0.3) is 0 Å². The Balaban J connectivity index is 1.89. The number of aromatic nitrogens is 1. The average Bonchev–Trinajstić information content (AvgIpc) is 3.51. The third-order valence-electron chi connectivity index (χ3n) is 5.06. The second-order valence-electron chi connectivity index (χ2n) is 7.80. The van der Waals surface area contributed by atoms with E-state index in [-0.39, 0.29) is 5.69 Å². The lowest BCUT2D eigenvalue weighted by atomic mass is 10.0. The van der Waals surface area contributed by atoms with Gasteiger partial charge in [0.15, 0.2) is 9.84 Å². The minimum absolute atomic E-state index is 0.165. The fourth-order valence-electron chi connectivity index (χ4n) is 3.17. The molecule has 0 bridgehead atoms. The smallest absolute Gasteiger partial charge is 0.336 e. The van der Waals surface area contributed by atoms with E-state index in [0.717, 1.165) is 24.3 Å². The van der Waals surface area contributed by atoms with Crippen LogP contribution in [0.25, 0.3) is 0 Å². The maximum absolute atomic E-state index is 13.8. The van der Waals surface area contributed by atoms with Gasteiger partial charge in [0.05, 0.1) is 23.3 Å². The topological polar surface area (TPSA) is 112 Å². The average molecular weight is 484 g/mol. The first-order chi connectivity index (χ1) is 15.4. The number of carbonyl (C=O) groups is 1. The first-order valence-electron chi connectivity index (χ1n) is 9.85. The summed E-state index contributed by atoms with van der Waals surface area (Å²) in [5.41, 5.74) is -1.45. The van der Waals surface area contributed by atoms with Gasteiger partial charge in [-0.3, -0.25) is 15.1 Å². The molecule has 0 aliphatic heterocycles. The predicted molar refractivity (Wildman–Crippen MR) is 110 cm³/mol. The molecule has 1 amide bonds. The van der Waals surface area contributed by atoms with Crippen molar-refractivity contribution in [3.8, 4) is 6.07 Å². The van der Waals surface area contributed by atoms with E-state index < -0.39 is 62.4 Å². The third kappa shape index (κ3) is 6.72. The summed E-state index contributed by atoms with van der Waals surface area (Å²) in [6.07, 6.45) is -2.94. The van der Waals surface area contributed by atoms with Crippen LogP contribution in [0.3, 0.4) is 0 Å². The summed E-state index contributed by atoms with van der Waals surface area (Å²) in [4.78, 5) is 16.7. The minimum atomic E-state index is -4.92. The molecule has 12 heteroatoms.